The molecule has 1 aromatic heterocycles. The van der Waals surface area contributed by atoms with Gasteiger partial charge in [0, 0.05) is 23.9 Å². The zero-order valence-corrected chi connectivity index (χ0v) is 17.1. The second-order valence-corrected chi connectivity index (χ2v) is 8.86. The third-order valence-corrected chi connectivity index (χ3v) is 6.57. The van der Waals surface area contributed by atoms with E-state index in [0.29, 0.717) is 22.5 Å². The van der Waals surface area contributed by atoms with Crippen LogP contribution in [-0.4, -0.2) is 52.5 Å². The molecule has 2 saturated heterocycles. The lowest BCUT2D eigenvalue weighted by Gasteiger charge is -2.26. The first kappa shape index (κ1) is 19.2. The molecule has 0 bridgehead atoms. The lowest BCUT2D eigenvalue weighted by molar-refractivity contribution is 0.0937. The molecule has 2 aromatic rings. The van der Waals surface area contributed by atoms with Crippen molar-refractivity contribution in [1.29, 1.82) is 0 Å². The summed E-state index contributed by atoms with van der Waals surface area (Å²) in [6.07, 6.45) is 6.10. The second-order valence-electron chi connectivity index (χ2n) is 7.36. The molecule has 4 rings (SSSR count). The van der Waals surface area contributed by atoms with Crippen molar-refractivity contribution in [3.05, 3.63) is 33.6 Å². The van der Waals surface area contributed by atoms with Gasteiger partial charge in [-0.2, -0.15) is 0 Å². The molecule has 2 fully saturated rings. The highest BCUT2D eigenvalue weighted by Gasteiger charge is 2.20. The summed E-state index contributed by atoms with van der Waals surface area (Å²) in [6.45, 7) is 4.77. The Labute approximate surface area is 169 Å². The Bertz CT molecular complexity index is 845. The van der Waals surface area contributed by atoms with Crippen LogP contribution in [0.3, 0.4) is 0 Å². The molecular weight excluding hydrogens is 382 g/mol. The van der Waals surface area contributed by atoms with Gasteiger partial charge in [0.1, 0.15) is 0 Å². The van der Waals surface area contributed by atoms with Crippen molar-refractivity contribution in [2.45, 2.75) is 49.9 Å². The van der Waals surface area contributed by atoms with E-state index < -0.39 is 0 Å². The van der Waals surface area contributed by atoms with Gasteiger partial charge in [-0.3, -0.25) is 9.36 Å². The maximum atomic E-state index is 13.1. The van der Waals surface area contributed by atoms with Crippen LogP contribution in [0.25, 0.3) is 10.9 Å². The van der Waals surface area contributed by atoms with E-state index in [1.807, 2.05) is 4.57 Å². The summed E-state index contributed by atoms with van der Waals surface area (Å²) in [5, 5.41) is 2.01. The van der Waals surface area contributed by atoms with Crippen LogP contribution in [0.4, 0.5) is 0 Å². The minimum Gasteiger partial charge on any atom is -0.376 e. The standard InChI is InChI=1S/C20H26ClN3O2S/c21-15-6-7-17-18(13-15)22-20(27-12-10-23-8-2-1-3-9-23)24(19(17)25)14-16-5-4-11-26-16/h6-7,13,16H,1-5,8-12,14H2/t16-/m0/s1. The number of piperidine rings is 1. The second kappa shape index (κ2) is 8.95. The van der Waals surface area contributed by atoms with Crippen LogP contribution in [0.2, 0.25) is 5.02 Å². The molecule has 2 aliphatic rings. The fourth-order valence-corrected chi connectivity index (χ4v) is 5.06. The lowest BCUT2D eigenvalue weighted by Crippen LogP contribution is -2.32. The van der Waals surface area contributed by atoms with Gasteiger partial charge in [-0.1, -0.05) is 29.8 Å². The molecule has 1 aromatic carbocycles. The van der Waals surface area contributed by atoms with Crippen molar-refractivity contribution >= 4 is 34.3 Å². The highest BCUT2D eigenvalue weighted by molar-refractivity contribution is 7.99. The lowest BCUT2D eigenvalue weighted by atomic mass is 10.1. The molecule has 27 heavy (non-hydrogen) atoms. The number of fused-ring (bicyclic) bond motifs is 1. The minimum absolute atomic E-state index is 0.00707. The van der Waals surface area contributed by atoms with E-state index in [0.717, 1.165) is 36.9 Å². The van der Waals surface area contributed by atoms with Crippen LogP contribution >= 0.6 is 23.4 Å². The number of thioether (sulfide) groups is 1. The normalized spacial score (nSPS) is 21.1. The van der Waals surface area contributed by atoms with E-state index in [1.54, 1.807) is 30.0 Å². The maximum Gasteiger partial charge on any atom is 0.262 e. The number of rotatable bonds is 6. The predicted molar refractivity (Wildman–Crippen MR) is 111 cm³/mol. The Hall–Kier alpha value is -1.08. The summed E-state index contributed by atoms with van der Waals surface area (Å²) in [7, 11) is 0. The van der Waals surface area contributed by atoms with Crippen molar-refractivity contribution in [2.75, 3.05) is 32.0 Å². The van der Waals surface area contributed by atoms with Crippen LogP contribution in [0.15, 0.2) is 28.2 Å². The maximum absolute atomic E-state index is 13.1. The van der Waals surface area contributed by atoms with E-state index in [-0.39, 0.29) is 11.7 Å². The number of hydrogen-bond donors (Lipinski definition) is 0. The van der Waals surface area contributed by atoms with E-state index in [2.05, 4.69) is 4.90 Å². The van der Waals surface area contributed by atoms with Crippen LogP contribution < -0.4 is 5.56 Å². The zero-order valence-electron chi connectivity index (χ0n) is 15.5. The van der Waals surface area contributed by atoms with Gasteiger partial charge in [0.2, 0.25) is 0 Å². The average molecular weight is 408 g/mol. The van der Waals surface area contributed by atoms with Gasteiger partial charge in [0.05, 0.1) is 23.6 Å². The van der Waals surface area contributed by atoms with Gasteiger partial charge in [-0.15, -0.1) is 0 Å². The van der Waals surface area contributed by atoms with Gasteiger partial charge < -0.3 is 9.64 Å². The summed E-state index contributed by atoms with van der Waals surface area (Å²) in [5.74, 6) is 0.935. The van der Waals surface area contributed by atoms with Gasteiger partial charge in [-0.05, 0) is 57.0 Å². The van der Waals surface area contributed by atoms with Crippen molar-refractivity contribution in [2.24, 2.45) is 0 Å². The van der Waals surface area contributed by atoms with Crippen molar-refractivity contribution < 1.29 is 4.74 Å². The third-order valence-electron chi connectivity index (χ3n) is 5.38. The molecule has 0 unspecified atom stereocenters. The Balaban J connectivity index is 1.58. The van der Waals surface area contributed by atoms with Gasteiger partial charge >= 0.3 is 0 Å². The Morgan fingerprint density at radius 3 is 2.85 bits per heavy atom. The molecule has 0 amide bonds. The highest BCUT2D eigenvalue weighted by atomic mass is 35.5. The van der Waals surface area contributed by atoms with Crippen LogP contribution in [-0.2, 0) is 11.3 Å². The molecule has 0 N–H and O–H groups in total. The summed E-state index contributed by atoms with van der Waals surface area (Å²) in [4.78, 5) is 20.4. The summed E-state index contributed by atoms with van der Waals surface area (Å²) < 4.78 is 7.58. The molecule has 0 radical (unpaired) electrons. The van der Waals surface area contributed by atoms with Crippen molar-refractivity contribution in [3.63, 3.8) is 0 Å². The summed E-state index contributed by atoms with van der Waals surface area (Å²) in [6, 6.07) is 5.32. The molecule has 0 aliphatic carbocycles. The number of halogens is 1. The third kappa shape index (κ3) is 4.67. The predicted octanol–water partition coefficient (Wildman–Crippen LogP) is 3.81. The van der Waals surface area contributed by atoms with E-state index in [4.69, 9.17) is 21.3 Å². The molecule has 3 heterocycles. The molecule has 0 spiro atoms. The zero-order chi connectivity index (χ0) is 18.6. The smallest absolute Gasteiger partial charge is 0.262 e. The monoisotopic (exact) mass is 407 g/mol. The topological polar surface area (TPSA) is 47.4 Å². The van der Waals surface area contributed by atoms with Crippen molar-refractivity contribution in [1.82, 2.24) is 14.5 Å². The molecule has 0 saturated carbocycles. The SMILES string of the molecule is O=c1c2ccc(Cl)cc2nc(SCCN2CCCCC2)n1C[C@@H]1CCCO1. The van der Waals surface area contributed by atoms with E-state index in [9.17, 15) is 4.79 Å². The van der Waals surface area contributed by atoms with Gasteiger partial charge in [0.15, 0.2) is 5.16 Å². The minimum atomic E-state index is 0.00707. The largest absolute Gasteiger partial charge is 0.376 e. The number of likely N-dealkylation sites (tertiary alicyclic amines) is 1. The van der Waals surface area contributed by atoms with E-state index >= 15 is 0 Å². The quantitative estimate of drug-likeness (QED) is 0.538. The fourth-order valence-electron chi connectivity index (χ4n) is 3.89. The van der Waals surface area contributed by atoms with Gasteiger partial charge in [-0.25, -0.2) is 4.98 Å². The van der Waals surface area contributed by atoms with Crippen LogP contribution in [0.5, 0.6) is 0 Å². The summed E-state index contributed by atoms with van der Waals surface area (Å²) in [5.41, 5.74) is 0.684. The molecule has 1 atom stereocenters. The molecule has 5 nitrogen and oxygen atoms in total. The Morgan fingerprint density at radius 2 is 2.07 bits per heavy atom. The molecule has 146 valence electrons. The number of aromatic nitrogens is 2. The Kier molecular flexibility index (Phi) is 6.38. The van der Waals surface area contributed by atoms with Crippen molar-refractivity contribution in [3.8, 4) is 0 Å². The van der Waals surface area contributed by atoms with Crippen LogP contribution in [0, 0.1) is 0 Å². The molecular formula is C20H26ClN3O2S. The van der Waals surface area contributed by atoms with Gasteiger partial charge in [0.25, 0.3) is 5.56 Å². The highest BCUT2D eigenvalue weighted by Crippen LogP contribution is 2.23. The fraction of sp³-hybridized carbons (Fsp3) is 0.600. The Morgan fingerprint density at radius 1 is 1.22 bits per heavy atom. The molecule has 7 heteroatoms. The number of hydrogen-bond acceptors (Lipinski definition) is 5. The number of nitrogens with zero attached hydrogens (tertiary/aromatic N) is 3. The summed E-state index contributed by atoms with van der Waals surface area (Å²) >= 11 is 7.79. The first-order chi connectivity index (χ1) is 13.2. The molecule has 2 aliphatic heterocycles. The van der Waals surface area contributed by atoms with Crippen LogP contribution in [0.1, 0.15) is 32.1 Å². The average Bonchev–Trinajstić information content (AvgIpc) is 3.18. The first-order valence-corrected chi connectivity index (χ1v) is 11.2. The van der Waals surface area contributed by atoms with E-state index in [1.165, 1.54) is 32.4 Å². The number of ether oxygens (including phenoxy) is 1. The first-order valence-electron chi connectivity index (χ1n) is 9.87. The number of benzene rings is 1.